The molecule has 0 aromatic heterocycles. The minimum absolute atomic E-state index is 0.0199. The summed E-state index contributed by atoms with van der Waals surface area (Å²) in [6.45, 7) is 0.194. The second kappa shape index (κ2) is 8.67. The fourth-order valence-corrected chi connectivity index (χ4v) is 2.56. The third-order valence-electron chi connectivity index (χ3n) is 3.95. The highest BCUT2D eigenvalue weighted by Gasteiger charge is 2.22. The van der Waals surface area contributed by atoms with Crippen LogP contribution in [0.5, 0.6) is 0 Å². The molecular weight excluding hydrogens is 342 g/mol. The lowest BCUT2D eigenvalue weighted by Crippen LogP contribution is -2.16. The number of benzene rings is 3. The zero-order valence-electron chi connectivity index (χ0n) is 14.6. The fraction of sp³-hybridized carbons (Fsp3) is 0.0909. The molecule has 0 radical (unpaired) electrons. The molecule has 3 rings (SSSR count). The Hall–Kier alpha value is -3.60. The molecule has 0 spiro atoms. The molecular formula is C22H19NO4. The van der Waals surface area contributed by atoms with Crippen molar-refractivity contribution in [3.63, 3.8) is 0 Å². The molecule has 0 saturated carbocycles. The van der Waals surface area contributed by atoms with Gasteiger partial charge in [-0.05, 0) is 23.3 Å². The van der Waals surface area contributed by atoms with E-state index in [-0.39, 0.29) is 30.0 Å². The molecule has 5 heteroatoms. The van der Waals surface area contributed by atoms with Crippen LogP contribution in [0.25, 0.3) is 0 Å². The molecule has 0 aliphatic heterocycles. The molecule has 0 unspecified atom stereocenters. The number of anilines is 1. The highest BCUT2D eigenvalue weighted by molar-refractivity contribution is 6.06. The summed E-state index contributed by atoms with van der Waals surface area (Å²) < 4.78 is 10.6. The van der Waals surface area contributed by atoms with E-state index < -0.39 is 11.9 Å². The van der Waals surface area contributed by atoms with E-state index >= 15 is 0 Å². The average Bonchev–Trinajstić information content (AvgIpc) is 2.71. The average molecular weight is 361 g/mol. The van der Waals surface area contributed by atoms with Crippen LogP contribution in [0, 0.1) is 0 Å². The largest absolute Gasteiger partial charge is 0.457 e. The van der Waals surface area contributed by atoms with Gasteiger partial charge in [0.05, 0.1) is 11.1 Å². The molecule has 3 aromatic carbocycles. The molecule has 3 aromatic rings. The summed E-state index contributed by atoms with van der Waals surface area (Å²) in [7, 11) is 0. The van der Waals surface area contributed by atoms with Crippen LogP contribution in [0.4, 0.5) is 5.69 Å². The molecule has 5 nitrogen and oxygen atoms in total. The molecule has 136 valence electrons. The molecule has 0 amide bonds. The standard InChI is InChI=1S/C22H19NO4/c23-19-13-7-12-18(21(24)26-14-16-8-3-1-4-9-16)20(19)22(25)27-15-17-10-5-2-6-11-17/h1-13H,14-15,23H2. The first-order valence-electron chi connectivity index (χ1n) is 8.46. The van der Waals surface area contributed by atoms with E-state index in [2.05, 4.69) is 0 Å². The first-order valence-corrected chi connectivity index (χ1v) is 8.46. The maximum absolute atomic E-state index is 12.5. The Balaban J connectivity index is 1.73. The van der Waals surface area contributed by atoms with Crippen molar-refractivity contribution in [3.05, 3.63) is 101 Å². The summed E-state index contributed by atoms with van der Waals surface area (Å²) in [6, 6.07) is 23.2. The minimum Gasteiger partial charge on any atom is -0.457 e. The molecule has 0 heterocycles. The first-order chi connectivity index (χ1) is 13.1. The third kappa shape index (κ3) is 4.73. The van der Waals surface area contributed by atoms with Crippen LogP contribution < -0.4 is 5.73 Å². The van der Waals surface area contributed by atoms with Gasteiger partial charge < -0.3 is 15.2 Å². The summed E-state index contributed by atoms with van der Waals surface area (Å²) in [4.78, 5) is 25.0. The Morgan fingerprint density at radius 1 is 0.667 bits per heavy atom. The monoisotopic (exact) mass is 361 g/mol. The van der Waals surface area contributed by atoms with Crippen molar-refractivity contribution in [1.29, 1.82) is 0 Å². The van der Waals surface area contributed by atoms with Crippen LogP contribution in [0.1, 0.15) is 31.8 Å². The van der Waals surface area contributed by atoms with Gasteiger partial charge in [0.2, 0.25) is 0 Å². The number of nitrogens with two attached hydrogens (primary N) is 1. The van der Waals surface area contributed by atoms with Crippen LogP contribution in [0.15, 0.2) is 78.9 Å². The van der Waals surface area contributed by atoms with Crippen molar-refractivity contribution in [2.45, 2.75) is 13.2 Å². The predicted octanol–water partition coefficient (Wildman–Crippen LogP) is 3.98. The number of nitrogen functional groups attached to an aromatic ring is 1. The van der Waals surface area contributed by atoms with Crippen LogP contribution in [0.2, 0.25) is 0 Å². The lowest BCUT2D eigenvalue weighted by Gasteiger charge is -2.12. The highest BCUT2D eigenvalue weighted by Crippen LogP contribution is 2.20. The van der Waals surface area contributed by atoms with Gasteiger partial charge in [-0.3, -0.25) is 0 Å². The van der Waals surface area contributed by atoms with Crippen LogP contribution >= 0.6 is 0 Å². The Morgan fingerprint density at radius 2 is 1.19 bits per heavy atom. The lowest BCUT2D eigenvalue weighted by atomic mass is 10.1. The zero-order chi connectivity index (χ0) is 19.1. The van der Waals surface area contributed by atoms with Gasteiger partial charge in [0.15, 0.2) is 0 Å². The van der Waals surface area contributed by atoms with Crippen molar-refractivity contribution >= 4 is 17.6 Å². The Morgan fingerprint density at radius 3 is 1.74 bits per heavy atom. The van der Waals surface area contributed by atoms with Gasteiger partial charge in [-0.2, -0.15) is 0 Å². The maximum Gasteiger partial charge on any atom is 0.341 e. The molecule has 0 bridgehead atoms. The topological polar surface area (TPSA) is 78.6 Å². The number of ether oxygens (including phenoxy) is 2. The molecule has 0 aliphatic carbocycles. The molecule has 0 saturated heterocycles. The van der Waals surface area contributed by atoms with E-state index in [9.17, 15) is 9.59 Å². The van der Waals surface area contributed by atoms with Crippen molar-refractivity contribution < 1.29 is 19.1 Å². The highest BCUT2D eigenvalue weighted by atomic mass is 16.5. The van der Waals surface area contributed by atoms with Crippen molar-refractivity contribution in [2.24, 2.45) is 0 Å². The SMILES string of the molecule is Nc1cccc(C(=O)OCc2ccccc2)c1C(=O)OCc1ccccc1. The number of rotatable bonds is 6. The van der Waals surface area contributed by atoms with Crippen LogP contribution in [-0.2, 0) is 22.7 Å². The van der Waals surface area contributed by atoms with Crippen LogP contribution in [0.3, 0.4) is 0 Å². The van der Waals surface area contributed by atoms with Gasteiger partial charge in [-0.25, -0.2) is 9.59 Å². The number of hydrogen-bond donors (Lipinski definition) is 1. The van der Waals surface area contributed by atoms with Gasteiger partial charge in [0, 0.05) is 5.69 Å². The van der Waals surface area contributed by atoms with E-state index in [0.29, 0.717) is 0 Å². The zero-order valence-corrected chi connectivity index (χ0v) is 14.6. The summed E-state index contributed by atoms with van der Waals surface area (Å²) in [6.07, 6.45) is 0. The Kier molecular flexibility index (Phi) is 5.84. The fourth-order valence-electron chi connectivity index (χ4n) is 2.56. The van der Waals surface area contributed by atoms with E-state index in [4.69, 9.17) is 15.2 Å². The number of hydrogen-bond acceptors (Lipinski definition) is 5. The quantitative estimate of drug-likeness (QED) is 0.531. The van der Waals surface area contributed by atoms with E-state index in [1.54, 1.807) is 12.1 Å². The second-order valence-corrected chi connectivity index (χ2v) is 5.89. The maximum atomic E-state index is 12.5. The summed E-state index contributed by atoms with van der Waals surface area (Å²) in [5.41, 5.74) is 7.89. The second-order valence-electron chi connectivity index (χ2n) is 5.89. The molecule has 0 aliphatic rings. The van der Waals surface area contributed by atoms with Crippen molar-refractivity contribution in [2.75, 3.05) is 5.73 Å². The van der Waals surface area contributed by atoms with Crippen molar-refractivity contribution in [3.8, 4) is 0 Å². The summed E-state index contributed by atoms with van der Waals surface area (Å²) >= 11 is 0. The van der Waals surface area contributed by atoms with Gasteiger partial charge in [0.25, 0.3) is 0 Å². The molecule has 0 atom stereocenters. The van der Waals surface area contributed by atoms with Gasteiger partial charge in [-0.15, -0.1) is 0 Å². The Bertz CT molecular complexity index is 924. The number of carbonyl (C=O) groups is 2. The minimum atomic E-state index is -0.663. The number of esters is 2. The predicted molar refractivity (Wildman–Crippen MR) is 102 cm³/mol. The lowest BCUT2D eigenvalue weighted by molar-refractivity contribution is 0.0426. The Labute approximate surface area is 157 Å². The van der Waals surface area contributed by atoms with Crippen molar-refractivity contribution in [1.82, 2.24) is 0 Å². The smallest absolute Gasteiger partial charge is 0.341 e. The normalized spacial score (nSPS) is 10.2. The first kappa shape index (κ1) is 18.2. The van der Waals surface area contributed by atoms with Gasteiger partial charge in [-0.1, -0.05) is 66.7 Å². The van der Waals surface area contributed by atoms with E-state index in [1.165, 1.54) is 6.07 Å². The van der Waals surface area contributed by atoms with E-state index in [0.717, 1.165) is 11.1 Å². The summed E-state index contributed by atoms with van der Waals surface area (Å²) in [5.74, 6) is -1.29. The third-order valence-corrected chi connectivity index (χ3v) is 3.95. The number of carbonyl (C=O) groups excluding carboxylic acids is 2. The van der Waals surface area contributed by atoms with Gasteiger partial charge in [0.1, 0.15) is 13.2 Å². The molecule has 0 fully saturated rings. The van der Waals surface area contributed by atoms with E-state index in [1.807, 2.05) is 60.7 Å². The molecule has 27 heavy (non-hydrogen) atoms. The summed E-state index contributed by atoms with van der Waals surface area (Å²) in [5, 5.41) is 0. The van der Waals surface area contributed by atoms with Crippen LogP contribution in [-0.4, -0.2) is 11.9 Å². The molecule has 2 N–H and O–H groups in total. The van der Waals surface area contributed by atoms with Gasteiger partial charge >= 0.3 is 11.9 Å².